The van der Waals surface area contributed by atoms with Gasteiger partial charge in [0.2, 0.25) is 0 Å². The SMILES string of the molecule is CC(C)NCc1ccc(OCCOCCOC(C)C)cc1. The maximum absolute atomic E-state index is 5.63. The van der Waals surface area contributed by atoms with Crippen LogP contribution in [0.2, 0.25) is 0 Å². The Bertz CT molecular complexity index is 363. The first-order valence-corrected chi connectivity index (χ1v) is 7.72. The number of hydrogen-bond acceptors (Lipinski definition) is 4. The standard InChI is InChI=1S/C17H29NO3/c1-14(2)18-13-16-5-7-17(8-6-16)21-12-10-19-9-11-20-15(3)4/h5-8,14-15,18H,9-13H2,1-4H3. The van der Waals surface area contributed by atoms with Crippen molar-refractivity contribution in [2.75, 3.05) is 26.4 Å². The van der Waals surface area contributed by atoms with Gasteiger partial charge in [-0.25, -0.2) is 0 Å². The van der Waals surface area contributed by atoms with Crippen LogP contribution in [0.5, 0.6) is 5.75 Å². The van der Waals surface area contributed by atoms with Gasteiger partial charge in [-0.3, -0.25) is 0 Å². The Morgan fingerprint density at radius 3 is 2.19 bits per heavy atom. The molecule has 1 aromatic carbocycles. The van der Waals surface area contributed by atoms with Crippen molar-refractivity contribution in [2.24, 2.45) is 0 Å². The molecule has 0 aliphatic heterocycles. The first-order chi connectivity index (χ1) is 10.1. The van der Waals surface area contributed by atoms with E-state index in [1.54, 1.807) is 0 Å². The molecule has 0 atom stereocenters. The lowest BCUT2D eigenvalue weighted by atomic mass is 10.2. The molecule has 1 aromatic rings. The average Bonchev–Trinajstić information content (AvgIpc) is 2.45. The van der Waals surface area contributed by atoms with E-state index in [1.165, 1.54) is 5.56 Å². The van der Waals surface area contributed by atoms with Crippen molar-refractivity contribution in [1.82, 2.24) is 5.32 Å². The minimum absolute atomic E-state index is 0.258. The summed E-state index contributed by atoms with van der Waals surface area (Å²) >= 11 is 0. The van der Waals surface area contributed by atoms with Crippen LogP contribution in [0.15, 0.2) is 24.3 Å². The van der Waals surface area contributed by atoms with E-state index < -0.39 is 0 Å². The topological polar surface area (TPSA) is 39.7 Å². The predicted molar refractivity (Wildman–Crippen MR) is 85.8 cm³/mol. The maximum atomic E-state index is 5.63. The lowest BCUT2D eigenvalue weighted by molar-refractivity contribution is 0.0124. The monoisotopic (exact) mass is 295 g/mol. The zero-order chi connectivity index (χ0) is 15.5. The maximum Gasteiger partial charge on any atom is 0.119 e. The first kappa shape index (κ1) is 18.0. The molecule has 120 valence electrons. The molecule has 0 spiro atoms. The van der Waals surface area contributed by atoms with Crippen LogP contribution in [0, 0.1) is 0 Å². The van der Waals surface area contributed by atoms with E-state index in [2.05, 4.69) is 31.3 Å². The van der Waals surface area contributed by atoms with Crippen molar-refractivity contribution in [3.8, 4) is 5.75 Å². The van der Waals surface area contributed by atoms with Crippen molar-refractivity contribution in [2.45, 2.75) is 46.4 Å². The molecule has 4 nitrogen and oxygen atoms in total. The smallest absolute Gasteiger partial charge is 0.119 e. The highest BCUT2D eigenvalue weighted by molar-refractivity contribution is 5.27. The van der Waals surface area contributed by atoms with E-state index in [0.29, 0.717) is 32.5 Å². The van der Waals surface area contributed by atoms with E-state index in [-0.39, 0.29) is 6.10 Å². The van der Waals surface area contributed by atoms with Crippen molar-refractivity contribution >= 4 is 0 Å². The van der Waals surface area contributed by atoms with E-state index in [1.807, 2.05) is 26.0 Å². The highest BCUT2D eigenvalue weighted by atomic mass is 16.5. The van der Waals surface area contributed by atoms with Crippen molar-refractivity contribution in [1.29, 1.82) is 0 Å². The molecule has 0 saturated heterocycles. The molecule has 0 aliphatic rings. The summed E-state index contributed by atoms with van der Waals surface area (Å²) in [5, 5.41) is 3.39. The van der Waals surface area contributed by atoms with Crippen LogP contribution in [0.3, 0.4) is 0 Å². The van der Waals surface area contributed by atoms with Gasteiger partial charge in [-0.1, -0.05) is 26.0 Å². The molecule has 0 fully saturated rings. The number of rotatable bonds is 11. The molecule has 21 heavy (non-hydrogen) atoms. The predicted octanol–water partition coefficient (Wildman–Crippen LogP) is 3.01. The van der Waals surface area contributed by atoms with Crippen LogP contribution in [0.4, 0.5) is 0 Å². The van der Waals surface area contributed by atoms with Gasteiger partial charge in [0.25, 0.3) is 0 Å². The van der Waals surface area contributed by atoms with Gasteiger partial charge in [-0.05, 0) is 31.5 Å². The molecule has 1 N–H and O–H groups in total. The Morgan fingerprint density at radius 1 is 0.905 bits per heavy atom. The van der Waals surface area contributed by atoms with Gasteiger partial charge in [-0.2, -0.15) is 0 Å². The summed E-state index contributed by atoms with van der Waals surface area (Å²) in [6, 6.07) is 8.67. The molecule has 0 amide bonds. The molecule has 0 unspecified atom stereocenters. The zero-order valence-corrected chi connectivity index (χ0v) is 13.7. The summed E-state index contributed by atoms with van der Waals surface area (Å²) in [5.74, 6) is 0.880. The van der Waals surface area contributed by atoms with Crippen molar-refractivity contribution < 1.29 is 14.2 Å². The second kappa shape index (κ2) is 10.6. The Hall–Kier alpha value is -1.10. The van der Waals surface area contributed by atoms with E-state index in [9.17, 15) is 0 Å². The second-order valence-corrected chi connectivity index (χ2v) is 5.56. The van der Waals surface area contributed by atoms with Crippen molar-refractivity contribution in [3.05, 3.63) is 29.8 Å². The van der Waals surface area contributed by atoms with E-state index in [4.69, 9.17) is 14.2 Å². The van der Waals surface area contributed by atoms with Crippen LogP contribution in [-0.2, 0) is 16.0 Å². The third kappa shape index (κ3) is 9.45. The second-order valence-electron chi connectivity index (χ2n) is 5.56. The van der Waals surface area contributed by atoms with Gasteiger partial charge in [-0.15, -0.1) is 0 Å². The third-order valence-electron chi connectivity index (χ3n) is 2.81. The Kier molecular flexibility index (Phi) is 9.06. The minimum Gasteiger partial charge on any atom is -0.491 e. The summed E-state index contributed by atoms with van der Waals surface area (Å²) in [7, 11) is 0. The van der Waals surface area contributed by atoms with Gasteiger partial charge < -0.3 is 19.5 Å². The van der Waals surface area contributed by atoms with Crippen LogP contribution in [0.1, 0.15) is 33.3 Å². The molecule has 0 saturated carbocycles. The Morgan fingerprint density at radius 2 is 1.57 bits per heavy atom. The highest BCUT2D eigenvalue weighted by Crippen LogP contribution is 2.12. The Labute approximate surface area is 128 Å². The molecule has 1 rings (SSSR count). The molecule has 0 heterocycles. The largest absolute Gasteiger partial charge is 0.491 e. The summed E-state index contributed by atoms with van der Waals surface area (Å²) in [6.07, 6.45) is 0.258. The Balaban J connectivity index is 2.09. The highest BCUT2D eigenvalue weighted by Gasteiger charge is 1.98. The lowest BCUT2D eigenvalue weighted by Crippen LogP contribution is -2.21. The summed E-state index contributed by atoms with van der Waals surface area (Å²) in [6.45, 7) is 11.6. The molecular formula is C17H29NO3. The number of nitrogens with one attached hydrogen (secondary N) is 1. The molecule has 4 heteroatoms. The van der Waals surface area contributed by atoms with E-state index >= 15 is 0 Å². The molecule has 0 aromatic heterocycles. The van der Waals surface area contributed by atoms with Gasteiger partial charge in [0, 0.05) is 12.6 Å². The fourth-order valence-corrected chi connectivity index (χ4v) is 1.69. The number of benzene rings is 1. The number of ether oxygens (including phenoxy) is 3. The lowest BCUT2D eigenvalue weighted by Gasteiger charge is -2.10. The zero-order valence-electron chi connectivity index (χ0n) is 13.7. The quantitative estimate of drug-likeness (QED) is 0.637. The molecular weight excluding hydrogens is 266 g/mol. The van der Waals surface area contributed by atoms with Crippen molar-refractivity contribution in [3.63, 3.8) is 0 Å². The van der Waals surface area contributed by atoms with Crippen LogP contribution in [-0.4, -0.2) is 38.6 Å². The molecule has 0 aliphatic carbocycles. The summed E-state index contributed by atoms with van der Waals surface area (Å²) < 4.78 is 16.5. The fraction of sp³-hybridized carbons (Fsp3) is 0.647. The van der Waals surface area contributed by atoms with Crippen LogP contribution < -0.4 is 10.1 Å². The molecule has 0 bridgehead atoms. The first-order valence-electron chi connectivity index (χ1n) is 7.72. The van der Waals surface area contributed by atoms with Gasteiger partial charge in [0.15, 0.2) is 0 Å². The average molecular weight is 295 g/mol. The summed E-state index contributed by atoms with van der Waals surface area (Å²) in [4.78, 5) is 0. The van der Waals surface area contributed by atoms with E-state index in [0.717, 1.165) is 12.3 Å². The van der Waals surface area contributed by atoms with Gasteiger partial charge in [0.05, 0.1) is 25.9 Å². The number of hydrogen-bond donors (Lipinski definition) is 1. The summed E-state index contributed by atoms with van der Waals surface area (Å²) in [5.41, 5.74) is 1.26. The van der Waals surface area contributed by atoms with Crippen LogP contribution >= 0.6 is 0 Å². The minimum atomic E-state index is 0.258. The fourth-order valence-electron chi connectivity index (χ4n) is 1.69. The van der Waals surface area contributed by atoms with Gasteiger partial charge >= 0.3 is 0 Å². The molecule has 0 radical (unpaired) electrons. The normalized spacial score (nSPS) is 11.3. The van der Waals surface area contributed by atoms with Gasteiger partial charge in [0.1, 0.15) is 12.4 Å². The van der Waals surface area contributed by atoms with Crippen LogP contribution in [0.25, 0.3) is 0 Å². The third-order valence-corrected chi connectivity index (χ3v) is 2.81.